The van der Waals surface area contributed by atoms with Crippen LogP contribution in [0.4, 0.5) is 18.9 Å². The molecule has 0 radical (unpaired) electrons. The van der Waals surface area contributed by atoms with Crippen molar-refractivity contribution in [1.82, 2.24) is 14.5 Å². The van der Waals surface area contributed by atoms with Crippen molar-refractivity contribution in [2.24, 2.45) is 17.8 Å². The summed E-state index contributed by atoms with van der Waals surface area (Å²) in [6.45, 7) is 15.9. The van der Waals surface area contributed by atoms with Gasteiger partial charge in [-0.25, -0.2) is 8.42 Å². The molecular weight excluding hydrogens is 1010 g/mol. The fourth-order valence-corrected chi connectivity index (χ4v) is 12.4. The number of benzene rings is 1. The van der Waals surface area contributed by atoms with Crippen LogP contribution in [-0.4, -0.2) is 175 Å². The summed E-state index contributed by atoms with van der Waals surface area (Å²) in [5.41, 5.74) is -8.31. The van der Waals surface area contributed by atoms with Gasteiger partial charge in [0.1, 0.15) is 35.1 Å². The molecule has 1 aromatic rings. The van der Waals surface area contributed by atoms with Gasteiger partial charge >= 0.3 is 22.4 Å². The molecule has 3 fully saturated rings. The molecule has 3 saturated heterocycles. The number of nitrogens with one attached hydrogen (secondary N) is 2. The third kappa shape index (κ3) is 13.8. The summed E-state index contributed by atoms with van der Waals surface area (Å²) in [4.78, 5) is 16.0. The summed E-state index contributed by atoms with van der Waals surface area (Å²) in [6.07, 6.45) is -14.3. The SMILES string of the molecule is CC[C@H]1OC(=O)[C@H](C)[C@@H](O[C@H]2C[C@@](C)(OC)[C@](O)(CN3C=CS(=O)(=O)C=C3)[C@H](C)O2)[C@H](C)[C@@H](O[C@@H]2O[C@H](C)C[C@H](N(C)S(=O)(=O)Nc3ccc(C(F)(F)F)cc3)[C@H]2O)[C@](C)(O)C[C@@H](C)CN[C@H](C)[C@@H](O)[C@]1(C)O. The van der Waals surface area contributed by atoms with E-state index in [1.54, 1.807) is 41.5 Å². The van der Waals surface area contributed by atoms with Gasteiger partial charge in [0.2, 0.25) is 0 Å². The lowest BCUT2D eigenvalue weighted by Crippen LogP contribution is -2.69. The van der Waals surface area contributed by atoms with Gasteiger partial charge in [-0.1, -0.05) is 20.8 Å². The number of hydrogen-bond acceptors (Lipinski definition) is 18. The largest absolute Gasteiger partial charge is 0.459 e. The number of carbonyl (C=O) groups is 1. The van der Waals surface area contributed by atoms with E-state index in [4.69, 9.17) is 28.4 Å². The number of esters is 1. The van der Waals surface area contributed by atoms with Gasteiger partial charge in [0.15, 0.2) is 22.4 Å². The van der Waals surface area contributed by atoms with E-state index in [1.165, 1.54) is 52.2 Å². The normalized spacial score (nSPS) is 41.4. The topological polar surface area (TPSA) is 272 Å². The summed E-state index contributed by atoms with van der Waals surface area (Å²) < 4.78 is 133. The lowest BCUT2D eigenvalue weighted by molar-refractivity contribution is -0.338. The monoisotopic (exact) mass is 1090 g/mol. The lowest BCUT2D eigenvalue weighted by atomic mass is 9.75. The molecule has 418 valence electrons. The van der Waals surface area contributed by atoms with Crippen LogP contribution in [0.5, 0.6) is 0 Å². The van der Waals surface area contributed by atoms with Gasteiger partial charge < -0.3 is 64.2 Å². The second-order valence-corrected chi connectivity index (χ2v) is 24.5. The van der Waals surface area contributed by atoms with Gasteiger partial charge in [-0.2, -0.15) is 25.9 Å². The number of alkyl halides is 3. The molecule has 0 aliphatic carbocycles. The van der Waals surface area contributed by atoms with Crippen molar-refractivity contribution in [2.45, 2.75) is 191 Å². The Labute approximate surface area is 427 Å². The Kier molecular flexibility index (Phi) is 19.1. The molecule has 18 atom stereocenters. The van der Waals surface area contributed by atoms with Crippen LogP contribution in [0.25, 0.3) is 0 Å². The van der Waals surface area contributed by atoms with E-state index >= 15 is 0 Å². The number of rotatable bonds is 12. The average Bonchev–Trinajstić information content (AvgIpc) is 3.29. The third-order valence-electron chi connectivity index (χ3n) is 15.1. The molecule has 0 bridgehead atoms. The fourth-order valence-electron chi connectivity index (χ4n) is 10.5. The molecule has 7 N–H and O–H groups in total. The van der Waals surface area contributed by atoms with Crippen LogP contribution in [0.15, 0.2) is 47.5 Å². The summed E-state index contributed by atoms with van der Waals surface area (Å²) in [6, 6.07) is 1.34. The van der Waals surface area contributed by atoms with Crippen LogP contribution in [0, 0.1) is 17.8 Å². The van der Waals surface area contributed by atoms with Crippen molar-refractivity contribution >= 4 is 31.7 Å². The molecule has 0 aromatic heterocycles. The molecule has 4 heterocycles. The average molecular weight is 1090 g/mol. The van der Waals surface area contributed by atoms with E-state index in [1.807, 2.05) is 6.92 Å². The minimum Gasteiger partial charge on any atom is -0.459 e. The molecule has 5 rings (SSSR count). The molecule has 1 aromatic carbocycles. The highest BCUT2D eigenvalue weighted by atomic mass is 32.2. The number of carbonyl (C=O) groups excluding carboxylic acids is 1. The number of ether oxygens (including phenoxy) is 6. The highest BCUT2D eigenvalue weighted by Gasteiger charge is 2.59. The molecule has 0 saturated carbocycles. The summed E-state index contributed by atoms with van der Waals surface area (Å²) >= 11 is 0. The van der Waals surface area contributed by atoms with Crippen molar-refractivity contribution in [3.63, 3.8) is 0 Å². The minimum atomic E-state index is -4.66. The molecule has 73 heavy (non-hydrogen) atoms. The minimum absolute atomic E-state index is 0.0308. The van der Waals surface area contributed by atoms with Crippen LogP contribution in [0.2, 0.25) is 0 Å². The predicted octanol–water partition coefficient (Wildman–Crippen LogP) is 3.35. The molecule has 0 amide bonds. The molecular formula is C48H77F3N4O16S2. The number of likely N-dealkylation sites (N-methyl/N-ethyl adjacent to an activating group) is 1. The number of β-amino-alcohol motifs (C(OH)–C–C–N with tert-alkyl or cyclic N) is 1. The maximum atomic E-state index is 14.6. The standard InChI is InChI=1S/C48H77F3N4O16S2/c1-13-36-46(10,60)40(57)31(6)52-25-27(2)23-44(8,59)41(71-43-38(56)35(22-28(3)67-43)54(11)73(64,65)53-34-16-14-33(15-17-34)48(49,50)51)29(4)39(30(5)42(58)69-36)70-37-24-45(9,66-12)47(61,32(7)68-37)26-55-18-20-72(62,63)21-19-55/h14-21,27-32,35-41,43,52-53,56-57,59-61H,13,22-26H2,1-12H3/t27-,28-,29+,30-,31-,32+,35+,36-,37+,38-,39+,40-,41-,43+,44-,45-,46-,47+/m1/s1. The number of aliphatic hydroxyl groups excluding tert-OH is 2. The zero-order chi connectivity index (χ0) is 55.0. The number of hydrogen-bond donors (Lipinski definition) is 7. The number of anilines is 1. The Morgan fingerprint density at radius 3 is 2.12 bits per heavy atom. The first-order chi connectivity index (χ1) is 33.5. The van der Waals surface area contributed by atoms with Gasteiger partial charge in [-0.3, -0.25) is 9.52 Å². The highest BCUT2D eigenvalue weighted by Crippen LogP contribution is 2.44. The number of sulfone groups is 1. The lowest BCUT2D eigenvalue weighted by Gasteiger charge is -2.54. The first-order valence-corrected chi connectivity index (χ1v) is 27.5. The van der Waals surface area contributed by atoms with Gasteiger partial charge in [0.05, 0.1) is 64.9 Å². The third-order valence-corrected chi connectivity index (χ3v) is 17.7. The van der Waals surface area contributed by atoms with Crippen molar-refractivity contribution < 1.29 is 88.8 Å². The first-order valence-electron chi connectivity index (χ1n) is 24.5. The molecule has 20 nitrogen and oxygen atoms in total. The van der Waals surface area contributed by atoms with Crippen molar-refractivity contribution in [3.8, 4) is 0 Å². The quantitative estimate of drug-likeness (QED) is 0.148. The van der Waals surface area contributed by atoms with E-state index < -0.39 is 145 Å². The number of aliphatic hydroxyl groups is 5. The smallest absolute Gasteiger partial charge is 0.416 e. The van der Waals surface area contributed by atoms with Crippen molar-refractivity contribution in [2.75, 3.05) is 32.0 Å². The second-order valence-electron chi connectivity index (χ2n) is 21.1. The van der Waals surface area contributed by atoms with E-state index in [0.29, 0.717) is 0 Å². The van der Waals surface area contributed by atoms with E-state index in [-0.39, 0.29) is 44.5 Å². The fraction of sp³-hybridized carbons (Fsp3) is 0.771. The second kappa shape index (κ2) is 22.9. The Hall–Kier alpha value is -3.02. The predicted molar refractivity (Wildman–Crippen MR) is 260 cm³/mol. The maximum absolute atomic E-state index is 14.6. The number of cyclic esters (lactones) is 1. The summed E-state index contributed by atoms with van der Waals surface area (Å²) in [7, 11) is -5.61. The molecule has 0 spiro atoms. The zero-order valence-electron chi connectivity index (χ0n) is 43.5. The van der Waals surface area contributed by atoms with Crippen molar-refractivity contribution in [3.05, 3.63) is 53.0 Å². The van der Waals surface area contributed by atoms with Crippen LogP contribution in [0.3, 0.4) is 0 Å². The Morgan fingerprint density at radius 1 is 0.959 bits per heavy atom. The van der Waals surface area contributed by atoms with Crippen LogP contribution < -0.4 is 10.0 Å². The number of nitrogens with zero attached hydrogens (tertiary/aromatic N) is 2. The molecule has 0 unspecified atom stereocenters. The molecule has 4 aliphatic heterocycles. The highest BCUT2D eigenvalue weighted by molar-refractivity contribution is 7.97. The Balaban J connectivity index is 1.54. The Morgan fingerprint density at radius 2 is 1.56 bits per heavy atom. The molecule has 25 heteroatoms. The summed E-state index contributed by atoms with van der Waals surface area (Å²) in [5, 5.41) is 65.6. The van der Waals surface area contributed by atoms with Crippen LogP contribution in [-0.2, 0) is 59.4 Å². The van der Waals surface area contributed by atoms with E-state index in [9.17, 15) is 60.3 Å². The maximum Gasteiger partial charge on any atom is 0.416 e. The van der Waals surface area contributed by atoms with E-state index in [0.717, 1.165) is 39.4 Å². The van der Waals surface area contributed by atoms with Gasteiger partial charge in [0, 0.05) is 50.6 Å². The van der Waals surface area contributed by atoms with Gasteiger partial charge in [-0.15, -0.1) is 0 Å². The number of methoxy groups -OCH3 is 1. The Bertz CT molecular complexity index is 2310. The van der Waals surface area contributed by atoms with E-state index in [2.05, 4.69) is 10.0 Å². The number of halogens is 3. The zero-order valence-corrected chi connectivity index (χ0v) is 45.1. The van der Waals surface area contributed by atoms with Crippen molar-refractivity contribution in [1.29, 1.82) is 0 Å². The van der Waals surface area contributed by atoms with Crippen LogP contribution in [0.1, 0.15) is 100 Å². The first kappa shape index (κ1) is 60.8. The van der Waals surface area contributed by atoms with Gasteiger partial charge in [-0.05, 0) is 104 Å². The van der Waals surface area contributed by atoms with Crippen LogP contribution >= 0.6 is 0 Å². The van der Waals surface area contributed by atoms with Gasteiger partial charge in [0.25, 0.3) is 0 Å². The summed E-state index contributed by atoms with van der Waals surface area (Å²) in [5.74, 6) is -3.66. The molecule has 4 aliphatic rings.